The smallest absolute Gasteiger partial charge is 0.135 e. The average Bonchev–Trinajstić information content (AvgIpc) is 2.82. The first-order chi connectivity index (χ1) is 39.7. The van der Waals surface area contributed by atoms with Gasteiger partial charge >= 0.3 is 0 Å². The molecule has 5 nitrogen and oxygen atoms in total. The Bertz CT molecular complexity index is 4640. The van der Waals surface area contributed by atoms with Crippen LogP contribution in [0.3, 0.4) is 0 Å². The molecule has 82 heavy (non-hydrogen) atoms. The first kappa shape index (κ1) is 51.4. The van der Waals surface area contributed by atoms with Crippen molar-refractivity contribution in [3.05, 3.63) is 264 Å². The Labute approximate surface area is 492 Å². The lowest BCUT2D eigenvalue weighted by molar-refractivity contribution is 0.590. The molecule has 8 heteroatoms. The van der Waals surface area contributed by atoms with E-state index >= 15 is 0 Å². The number of hydrogen-bond acceptors (Lipinski definition) is 5. The number of fused-ring (bicyclic) bond motifs is 9. The molecule has 400 valence electrons. The van der Waals surface area contributed by atoms with E-state index in [0.717, 1.165) is 95.2 Å². The van der Waals surface area contributed by atoms with Crippen molar-refractivity contribution >= 4 is 150 Å². The lowest BCUT2D eigenvalue weighted by atomic mass is 9.87. The third-order valence-electron chi connectivity index (χ3n) is 16.0. The van der Waals surface area contributed by atoms with Crippen molar-refractivity contribution in [2.24, 2.45) is 0 Å². The Morgan fingerprint density at radius 3 is 1.51 bits per heavy atom. The second-order valence-corrected chi connectivity index (χ2v) is 25.2. The molecule has 3 aromatic heterocycles. The molecule has 14 aromatic rings. The van der Waals surface area contributed by atoms with Crippen molar-refractivity contribution < 1.29 is 4.42 Å². The summed E-state index contributed by atoms with van der Waals surface area (Å²) < 4.78 is 11.3. The monoisotopic (exact) mass is 1120 g/mol. The molecule has 0 saturated carbocycles. The van der Waals surface area contributed by atoms with Crippen molar-refractivity contribution in [3.8, 4) is 5.69 Å². The molecule has 0 amide bonds. The number of anilines is 9. The predicted octanol–water partition coefficient (Wildman–Crippen LogP) is 23.4. The Kier molecular flexibility index (Phi) is 12.6. The van der Waals surface area contributed by atoms with E-state index in [4.69, 9.17) is 27.6 Å². The van der Waals surface area contributed by atoms with Crippen LogP contribution in [0.1, 0.15) is 52.7 Å². The van der Waals surface area contributed by atoms with E-state index in [1.165, 1.54) is 36.7 Å². The summed E-state index contributed by atoms with van der Waals surface area (Å²) in [5.74, 6) is 0. The molecule has 0 aliphatic heterocycles. The fourth-order valence-electron chi connectivity index (χ4n) is 11.8. The molecule has 0 aliphatic carbocycles. The van der Waals surface area contributed by atoms with Crippen LogP contribution in [0.15, 0.2) is 247 Å². The van der Waals surface area contributed by atoms with Crippen LogP contribution in [0.25, 0.3) is 69.6 Å². The first-order valence-electron chi connectivity index (χ1n) is 27.9. The summed E-state index contributed by atoms with van der Waals surface area (Å²) in [6.45, 7) is 13.5. The highest BCUT2D eigenvalue weighted by Crippen LogP contribution is 2.51. The quantitative estimate of drug-likeness (QED) is 0.136. The fraction of sp³-hybridized carbons (Fsp3) is 0.108. The molecule has 0 radical (unpaired) electrons. The van der Waals surface area contributed by atoms with Gasteiger partial charge in [-0.05, 0) is 155 Å². The van der Waals surface area contributed by atoms with Gasteiger partial charge in [-0.1, -0.05) is 174 Å². The zero-order valence-corrected chi connectivity index (χ0v) is 48.8. The van der Waals surface area contributed by atoms with Crippen molar-refractivity contribution in [1.82, 2.24) is 4.57 Å². The Balaban J connectivity index is 0.982. The van der Waals surface area contributed by atoms with Gasteiger partial charge in [-0.25, -0.2) is 0 Å². The molecule has 0 unspecified atom stereocenters. The maximum absolute atomic E-state index is 8.20. The molecule has 0 fully saturated rings. The number of hydrogen-bond donors (Lipinski definition) is 0. The average molecular weight is 1120 g/mol. The van der Waals surface area contributed by atoms with Crippen LogP contribution in [0.5, 0.6) is 0 Å². The van der Waals surface area contributed by atoms with E-state index in [0.29, 0.717) is 10.0 Å². The lowest BCUT2D eigenvalue weighted by Crippen LogP contribution is -2.16. The van der Waals surface area contributed by atoms with Crippen LogP contribution in [0, 0.1) is 0 Å². The molecule has 0 atom stereocenters. The molecule has 0 spiro atoms. The number of rotatable bonds is 10. The molecule has 0 saturated heterocycles. The summed E-state index contributed by atoms with van der Waals surface area (Å²) >= 11 is 17.6. The van der Waals surface area contributed by atoms with Gasteiger partial charge in [0.2, 0.25) is 0 Å². The predicted molar refractivity (Wildman–Crippen MR) is 352 cm³/mol. The second-order valence-electron chi connectivity index (χ2n) is 23.3. The van der Waals surface area contributed by atoms with Gasteiger partial charge < -0.3 is 23.7 Å². The maximum Gasteiger partial charge on any atom is 0.135 e. The number of halogens is 2. The number of benzene rings is 11. The van der Waals surface area contributed by atoms with E-state index in [9.17, 15) is 0 Å². The van der Waals surface area contributed by atoms with Crippen LogP contribution in [0.2, 0.25) is 10.0 Å². The van der Waals surface area contributed by atoms with E-state index in [1.807, 2.05) is 35.6 Å². The number of aromatic nitrogens is 1. The minimum atomic E-state index is -0.0721. The minimum absolute atomic E-state index is 0.0572. The maximum atomic E-state index is 8.20. The van der Waals surface area contributed by atoms with Gasteiger partial charge in [-0.3, -0.25) is 0 Å². The summed E-state index contributed by atoms with van der Waals surface area (Å²) in [6.07, 6.45) is 0. The highest BCUT2D eigenvalue weighted by atomic mass is 35.5. The SMILES string of the molecule is CC(C)(C)c1ccc(N(c2cccc(N(c3ccc4oc5ccccc5c4c3)c3ccc4sc5ccccc5c4c3)c2)c2cc(Cl)cc(N(c3ccc(C(C)(C)C)cc3)c3ccc4c5ccccc5n(-c5ccccc5)c4c3)c2Cl)cc1. The van der Waals surface area contributed by atoms with Crippen molar-refractivity contribution in [3.63, 3.8) is 0 Å². The topological polar surface area (TPSA) is 27.8 Å². The van der Waals surface area contributed by atoms with E-state index in [1.54, 1.807) is 0 Å². The summed E-state index contributed by atoms with van der Waals surface area (Å²) in [5, 5.41) is 7.98. The zero-order valence-electron chi connectivity index (χ0n) is 46.5. The summed E-state index contributed by atoms with van der Waals surface area (Å²) in [6, 6.07) is 86.8. The van der Waals surface area contributed by atoms with Crippen LogP contribution in [-0.4, -0.2) is 4.57 Å². The number of para-hydroxylation sites is 3. The normalized spacial score (nSPS) is 12.1. The van der Waals surface area contributed by atoms with Crippen LogP contribution in [0.4, 0.5) is 51.2 Å². The third-order valence-corrected chi connectivity index (χ3v) is 17.7. The molecular formula is C74H58Cl2N4OS. The highest BCUT2D eigenvalue weighted by molar-refractivity contribution is 7.25. The van der Waals surface area contributed by atoms with Gasteiger partial charge in [0.25, 0.3) is 0 Å². The largest absolute Gasteiger partial charge is 0.456 e. The molecule has 3 heterocycles. The van der Waals surface area contributed by atoms with Gasteiger partial charge in [0.15, 0.2) is 0 Å². The molecule has 0 aliphatic rings. The summed E-state index contributed by atoms with van der Waals surface area (Å²) in [7, 11) is 0. The van der Waals surface area contributed by atoms with Crippen LogP contribution < -0.4 is 14.7 Å². The van der Waals surface area contributed by atoms with Gasteiger partial charge in [-0.15, -0.1) is 11.3 Å². The second kappa shape index (κ2) is 20.0. The number of nitrogens with zero attached hydrogens (tertiary/aromatic N) is 4. The number of thiophene rings is 1. The Hall–Kier alpha value is -8.78. The van der Waals surface area contributed by atoms with Crippen molar-refractivity contribution in [2.45, 2.75) is 52.4 Å². The van der Waals surface area contributed by atoms with Gasteiger partial charge in [0, 0.05) is 92.2 Å². The van der Waals surface area contributed by atoms with Gasteiger partial charge in [0.05, 0.1) is 27.4 Å². The summed E-state index contributed by atoms with van der Waals surface area (Å²) in [5.41, 5.74) is 15.5. The van der Waals surface area contributed by atoms with Gasteiger partial charge in [0.1, 0.15) is 11.2 Å². The third kappa shape index (κ3) is 9.03. The standard InChI is InChI=1S/C74H58Cl2N4OS/c1-73(2,3)47-27-31-51(32-28-47)78(54-20-16-19-53(43-54)77(55-36-39-69-62(44-55)60-22-11-14-25-68(60)81-69)56-37-40-71-63(45-56)61-23-12-15-26-70(61)82-71)66-41-49(75)42-67(72(66)76)79(52-33-29-48(30-34-52)74(4,5)6)57-35-38-59-58-21-10-13-24-64(58)80(65(59)46-57)50-17-8-7-9-18-50/h7-46H,1-6H3. The molecule has 0 bridgehead atoms. The van der Waals surface area contributed by atoms with Crippen LogP contribution >= 0.6 is 34.5 Å². The molecular weight excluding hydrogens is 1060 g/mol. The van der Waals surface area contributed by atoms with E-state index in [-0.39, 0.29) is 10.8 Å². The molecule has 11 aromatic carbocycles. The van der Waals surface area contributed by atoms with Crippen LogP contribution in [-0.2, 0) is 10.8 Å². The van der Waals surface area contributed by atoms with Gasteiger partial charge in [-0.2, -0.15) is 0 Å². The highest BCUT2D eigenvalue weighted by Gasteiger charge is 2.27. The van der Waals surface area contributed by atoms with E-state index in [2.05, 4.69) is 279 Å². The minimum Gasteiger partial charge on any atom is -0.456 e. The molecule has 0 N–H and O–H groups in total. The van der Waals surface area contributed by atoms with E-state index < -0.39 is 0 Å². The lowest BCUT2D eigenvalue weighted by Gasteiger charge is -2.33. The van der Waals surface area contributed by atoms with Crippen molar-refractivity contribution in [2.75, 3.05) is 14.7 Å². The zero-order chi connectivity index (χ0) is 56.0. The fourth-order valence-corrected chi connectivity index (χ4v) is 13.4. The number of furan rings is 1. The van der Waals surface area contributed by atoms with Crippen molar-refractivity contribution in [1.29, 1.82) is 0 Å². The summed E-state index contributed by atoms with van der Waals surface area (Å²) in [4.78, 5) is 6.87. The molecule has 14 rings (SSSR count). The first-order valence-corrected chi connectivity index (χ1v) is 29.4. The Morgan fingerprint density at radius 1 is 0.354 bits per heavy atom. The Morgan fingerprint density at radius 2 is 0.841 bits per heavy atom.